The smallest absolute Gasteiger partial charge is 0.220 e. The van der Waals surface area contributed by atoms with E-state index in [-0.39, 0.29) is 12.5 Å². The van der Waals surface area contributed by atoms with Crippen molar-refractivity contribution in [2.24, 2.45) is 0 Å². The van der Waals surface area contributed by atoms with Crippen LogP contribution in [0.1, 0.15) is 309 Å². The molecular weight excluding hydrogens is 711 g/mol. The van der Waals surface area contributed by atoms with Crippen molar-refractivity contribution in [1.82, 2.24) is 5.32 Å². The van der Waals surface area contributed by atoms with E-state index in [0.717, 1.165) is 25.7 Å². The average molecular weight is 818 g/mol. The number of unbranched alkanes of at least 4 members (excludes halogenated alkanes) is 41. The van der Waals surface area contributed by atoms with E-state index in [1.54, 1.807) is 0 Å². The minimum absolute atomic E-state index is 0.0255. The predicted molar refractivity (Wildman–Crippen MR) is 258 cm³/mol. The Morgan fingerprint density at radius 3 is 0.948 bits per heavy atom. The number of hydrogen-bond acceptors (Lipinski definition) is 3. The monoisotopic (exact) mass is 818 g/mol. The molecule has 0 aromatic heterocycles. The van der Waals surface area contributed by atoms with Gasteiger partial charge in [-0.1, -0.05) is 276 Å². The van der Waals surface area contributed by atoms with Gasteiger partial charge in [-0.3, -0.25) is 4.79 Å². The molecule has 0 radical (unpaired) electrons. The van der Waals surface area contributed by atoms with Gasteiger partial charge in [0.05, 0.1) is 18.8 Å². The first-order chi connectivity index (χ1) is 28.7. The highest BCUT2D eigenvalue weighted by Crippen LogP contribution is 2.17. The van der Waals surface area contributed by atoms with Crippen LogP contribution in [0, 0.1) is 0 Å². The minimum Gasteiger partial charge on any atom is -0.394 e. The molecule has 0 rings (SSSR count). The van der Waals surface area contributed by atoms with Crippen LogP contribution in [0.5, 0.6) is 0 Å². The molecule has 2 unspecified atom stereocenters. The summed E-state index contributed by atoms with van der Waals surface area (Å²) < 4.78 is 0. The second kappa shape index (κ2) is 50.5. The van der Waals surface area contributed by atoms with Gasteiger partial charge in [0, 0.05) is 6.42 Å². The number of aliphatic hydroxyl groups excluding tert-OH is 2. The maximum atomic E-state index is 12.5. The fraction of sp³-hybridized carbons (Fsp3) is 0.944. The molecule has 4 heteroatoms. The van der Waals surface area contributed by atoms with Crippen LogP contribution in [0.4, 0.5) is 0 Å². The molecule has 0 spiro atoms. The fourth-order valence-electron chi connectivity index (χ4n) is 8.65. The van der Waals surface area contributed by atoms with Crippen LogP contribution in [-0.2, 0) is 4.79 Å². The zero-order valence-corrected chi connectivity index (χ0v) is 39.8. The second-order valence-electron chi connectivity index (χ2n) is 18.7. The Hall–Kier alpha value is -0.870. The number of hydrogen-bond donors (Lipinski definition) is 3. The third-order valence-electron chi connectivity index (χ3n) is 12.8. The number of allylic oxidation sites excluding steroid dienone is 2. The molecule has 0 aromatic rings. The van der Waals surface area contributed by atoms with Crippen molar-refractivity contribution in [2.45, 2.75) is 321 Å². The van der Waals surface area contributed by atoms with Crippen molar-refractivity contribution < 1.29 is 15.0 Å². The van der Waals surface area contributed by atoms with Crippen LogP contribution < -0.4 is 5.32 Å². The number of rotatable bonds is 50. The summed E-state index contributed by atoms with van der Waals surface area (Å²) in [5.41, 5.74) is 0. The molecule has 0 aromatic carbocycles. The summed E-state index contributed by atoms with van der Waals surface area (Å²) in [5.74, 6) is -0.0255. The topological polar surface area (TPSA) is 69.6 Å². The van der Waals surface area contributed by atoms with Crippen molar-refractivity contribution in [3.8, 4) is 0 Å². The van der Waals surface area contributed by atoms with Crippen LogP contribution >= 0.6 is 0 Å². The van der Waals surface area contributed by atoms with E-state index in [4.69, 9.17) is 0 Å². The molecule has 0 aliphatic carbocycles. The Morgan fingerprint density at radius 1 is 0.397 bits per heavy atom. The molecular formula is C54H107NO3. The van der Waals surface area contributed by atoms with Gasteiger partial charge in [0.1, 0.15) is 0 Å². The largest absolute Gasteiger partial charge is 0.394 e. The highest BCUT2D eigenvalue weighted by atomic mass is 16.3. The van der Waals surface area contributed by atoms with Crippen LogP contribution in [0.15, 0.2) is 12.2 Å². The summed E-state index contributed by atoms with van der Waals surface area (Å²) in [6.07, 6.45) is 64.7. The molecule has 0 saturated heterocycles. The number of carbonyl (C=O) groups excluding carboxylic acids is 1. The van der Waals surface area contributed by atoms with E-state index in [2.05, 4.69) is 31.3 Å². The average Bonchev–Trinajstić information content (AvgIpc) is 3.23. The predicted octanol–water partition coefficient (Wildman–Crippen LogP) is 17.4. The van der Waals surface area contributed by atoms with Gasteiger partial charge < -0.3 is 15.5 Å². The van der Waals surface area contributed by atoms with E-state index in [0.29, 0.717) is 12.8 Å². The Balaban J connectivity index is 3.43. The fourth-order valence-corrected chi connectivity index (χ4v) is 8.65. The number of aliphatic hydroxyl groups is 2. The van der Waals surface area contributed by atoms with Crippen LogP contribution in [-0.4, -0.2) is 34.9 Å². The normalized spacial score (nSPS) is 12.8. The zero-order valence-electron chi connectivity index (χ0n) is 39.8. The van der Waals surface area contributed by atoms with Gasteiger partial charge in [0.15, 0.2) is 0 Å². The van der Waals surface area contributed by atoms with E-state index >= 15 is 0 Å². The molecule has 4 nitrogen and oxygen atoms in total. The first-order valence-electron chi connectivity index (χ1n) is 26.9. The van der Waals surface area contributed by atoms with Gasteiger partial charge in [-0.2, -0.15) is 0 Å². The lowest BCUT2D eigenvalue weighted by atomic mass is 10.0. The van der Waals surface area contributed by atoms with E-state index < -0.39 is 12.1 Å². The van der Waals surface area contributed by atoms with E-state index in [1.807, 2.05) is 0 Å². The number of carbonyl (C=O) groups is 1. The minimum atomic E-state index is -0.657. The second-order valence-corrected chi connectivity index (χ2v) is 18.7. The third kappa shape index (κ3) is 46.2. The van der Waals surface area contributed by atoms with Crippen molar-refractivity contribution in [1.29, 1.82) is 0 Å². The van der Waals surface area contributed by atoms with Crippen LogP contribution in [0.3, 0.4) is 0 Å². The maximum absolute atomic E-state index is 12.5. The van der Waals surface area contributed by atoms with E-state index in [1.165, 1.54) is 257 Å². The lowest BCUT2D eigenvalue weighted by molar-refractivity contribution is -0.123. The molecule has 0 fully saturated rings. The maximum Gasteiger partial charge on any atom is 0.220 e. The van der Waals surface area contributed by atoms with Crippen molar-refractivity contribution in [3.63, 3.8) is 0 Å². The summed E-state index contributed by atoms with van der Waals surface area (Å²) in [7, 11) is 0. The Morgan fingerprint density at radius 2 is 0.655 bits per heavy atom. The van der Waals surface area contributed by atoms with Gasteiger partial charge in [0.2, 0.25) is 5.91 Å². The molecule has 2 atom stereocenters. The highest BCUT2D eigenvalue weighted by Gasteiger charge is 2.20. The van der Waals surface area contributed by atoms with E-state index in [9.17, 15) is 15.0 Å². The molecule has 0 aliphatic heterocycles. The van der Waals surface area contributed by atoms with Crippen LogP contribution in [0.25, 0.3) is 0 Å². The van der Waals surface area contributed by atoms with Crippen molar-refractivity contribution >= 4 is 5.91 Å². The molecule has 1 amide bonds. The van der Waals surface area contributed by atoms with Gasteiger partial charge in [-0.25, -0.2) is 0 Å². The Kier molecular flexibility index (Phi) is 49.7. The van der Waals surface area contributed by atoms with Crippen molar-refractivity contribution in [2.75, 3.05) is 6.61 Å². The number of nitrogens with one attached hydrogen (secondary N) is 1. The zero-order chi connectivity index (χ0) is 42.1. The molecule has 346 valence electrons. The molecule has 0 heterocycles. The Bertz CT molecular complexity index is 799. The van der Waals surface area contributed by atoms with Crippen molar-refractivity contribution in [3.05, 3.63) is 12.2 Å². The van der Waals surface area contributed by atoms with Gasteiger partial charge in [0.25, 0.3) is 0 Å². The summed E-state index contributed by atoms with van der Waals surface area (Å²) in [5, 5.41) is 23.3. The Labute approximate surface area is 365 Å². The lowest BCUT2D eigenvalue weighted by Crippen LogP contribution is -2.45. The molecule has 0 saturated carbocycles. The summed E-state index contributed by atoms with van der Waals surface area (Å²) in [6.45, 7) is 4.39. The standard InChI is InChI=1S/C54H107NO3/c1-3-5-7-9-11-13-15-17-19-21-23-25-26-27-28-30-32-34-36-38-40-42-44-46-48-50-54(58)55-52(51-56)53(57)49-47-45-43-41-39-37-35-33-31-29-24-22-20-18-16-14-12-10-8-6-4-2/h21,23,52-53,56-57H,3-20,22,24-51H2,1-2H3,(H,55,58)/b23-21-. The SMILES string of the molecule is CCCCCCCCCC/C=C\CCCCCCCCCCCCCCCC(=O)NC(CO)C(O)CCCCCCCCCCCCCCCCCCCCCCC. The van der Waals surface area contributed by atoms with Gasteiger partial charge >= 0.3 is 0 Å². The summed E-state index contributed by atoms with van der Waals surface area (Å²) in [4.78, 5) is 12.5. The number of amides is 1. The van der Waals surface area contributed by atoms with Crippen LogP contribution in [0.2, 0.25) is 0 Å². The molecule has 58 heavy (non-hydrogen) atoms. The molecule has 0 bridgehead atoms. The third-order valence-corrected chi connectivity index (χ3v) is 12.8. The van der Waals surface area contributed by atoms with Gasteiger partial charge in [-0.05, 0) is 38.5 Å². The highest BCUT2D eigenvalue weighted by molar-refractivity contribution is 5.76. The first kappa shape index (κ1) is 57.1. The lowest BCUT2D eigenvalue weighted by Gasteiger charge is -2.22. The molecule has 3 N–H and O–H groups in total. The van der Waals surface area contributed by atoms with Gasteiger partial charge in [-0.15, -0.1) is 0 Å². The molecule has 0 aliphatic rings. The summed E-state index contributed by atoms with van der Waals surface area (Å²) in [6, 6.07) is -0.533. The quantitative estimate of drug-likeness (QED) is 0.0423. The first-order valence-corrected chi connectivity index (χ1v) is 26.9. The summed E-state index contributed by atoms with van der Waals surface area (Å²) >= 11 is 0.